The number of hydrogen-bond acceptors (Lipinski definition) is 6. The Labute approximate surface area is 167 Å². The molecule has 6 nitrogen and oxygen atoms in total. The molecule has 28 heavy (non-hydrogen) atoms. The smallest absolute Gasteiger partial charge is 0.161 e. The van der Waals surface area contributed by atoms with Gasteiger partial charge in [0.1, 0.15) is 6.61 Å². The molecule has 0 bridgehead atoms. The second-order valence-corrected chi connectivity index (χ2v) is 7.11. The molecule has 0 spiro atoms. The van der Waals surface area contributed by atoms with E-state index in [2.05, 4.69) is 34.5 Å². The zero-order valence-electron chi connectivity index (χ0n) is 17.4. The van der Waals surface area contributed by atoms with E-state index >= 15 is 0 Å². The summed E-state index contributed by atoms with van der Waals surface area (Å²) in [5.74, 6) is 3.01. The minimum atomic E-state index is 0.0632. The van der Waals surface area contributed by atoms with E-state index in [-0.39, 0.29) is 6.04 Å². The van der Waals surface area contributed by atoms with Crippen molar-refractivity contribution >= 4 is 0 Å². The fourth-order valence-electron chi connectivity index (χ4n) is 3.50. The second kappa shape index (κ2) is 9.17. The van der Waals surface area contributed by atoms with Crippen LogP contribution in [0.25, 0.3) is 0 Å². The molecule has 0 aliphatic carbocycles. The fourth-order valence-corrected chi connectivity index (χ4v) is 3.50. The molecule has 1 atom stereocenters. The first-order valence-electron chi connectivity index (χ1n) is 9.51. The topological polar surface area (TPSA) is 52.2 Å². The van der Waals surface area contributed by atoms with Crippen LogP contribution >= 0.6 is 0 Å². The van der Waals surface area contributed by atoms with E-state index < -0.39 is 0 Å². The third-order valence-electron chi connectivity index (χ3n) is 5.02. The number of ether oxygens (including phenoxy) is 4. The van der Waals surface area contributed by atoms with Crippen LogP contribution in [0.1, 0.15) is 22.7 Å². The van der Waals surface area contributed by atoms with E-state index in [1.54, 1.807) is 21.3 Å². The summed E-state index contributed by atoms with van der Waals surface area (Å²) >= 11 is 0. The van der Waals surface area contributed by atoms with Gasteiger partial charge in [-0.3, -0.25) is 0 Å². The molecule has 3 rings (SSSR count). The number of benzene rings is 2. The maximum atomic E-state index is 5.89. The molecule has 0 aromatic heterocycles. The van der Waals surface area contributed by atoms with Crippen molar-refractivity contribution in [2.75, 3.05) is 55.1 Å². The lowest BCUT2D eigenvalue weighted by Gasteiger charge is -2.29. The molecule has 0 saturated carbocycles. The van der Waals surface area contributed by atoms with Crippen LogP contribution in [0, 0.1) is 0 Å². The first-order valence-corrected chi connectivity index (χ1v) is 9.51. The van der Waals surface area contributed by atoms with Crippen molar-refractivity contribution in [2.45, 2.75) is 12.5 Å². The Morgan fingerprint density at radius 2 is 1.61 bits per heavy atom. The quantitative estimate of drug-likeness (QED) is 0.753. The molecular formula is C22H30N2O4. The largest absolute Gasteiger partial charge is 0.493 e. The average Bonchev–Trinajstić information content (AvgIpc) is 2.72. The number of hydrogen-bond donors (Lipinski definition) is 1. The van der Waals surface area contributed by atoms with Gasteiger partial charge in [-0.15, -0.1) is 0 Å². The molecular weight excluding hydrogens is 356 g/mol. The van der Waals surface area contributed by atoms with Gasteiger partial charge in [0.05, 0.1) is 27.4 Å². The SMILES string of the molecule is COc1cc2c(cc1OC)C(c1ccc(OCCN(C)C)c(OC)c1)NCC2. The van der Waals surface area contributed by atoms with Crippen LogP contribution in [0.5, 0.6) is 23.0 Å². The lowest BCUT2D eigenvalue weighted by Crippen LogP contribution is -2.30. The zero-order valence-corrected chi connectivity index (χ0v) is 17.4. The molecule has 0 amide bonds. The molecule has 1 heterocycles. The van der Waals surface area contributed by atoms with Crippen LogP contribution in [-0.4, -0.2) is 60.0 Å². The van der Waals surface area contributed by atoms with Gasteiger partial charge in [0.15, 0.2) is 23.0 Å². The highest BCUT2D eigenvalue weighted by Gasteiger charge is 2.25. The first kappa shape index (κ1) is 20.3. The Balaban J connectivity index is 1.90. The van der Waals surface area contributed by atoms with Crippen LogP contribution in [0.2, 0.25) is 0 Å². The van der Waals surface area contributed by atoms with Gasteiger partial charge in [0, 0.05) is 13.1 Å². The van der Waals surface area contributed by atoms with Gasteiger partial charge in [-0.2, -0.15) is 0 Å². The van der Waals surface area contributed by atoms with E-state index in [4.69, 9.17) is 18.9 Å². The summed E-state index contributed by atoms with van der Waals surface area (Å²) in [5.41, 5.74) is 3.60. The predicted molar refractivity (Wildman–Crippen MR) is 110 cm³/mol. The summed E-state index contributed by atoms with van der Waals surface area (Å²) in [6.45, 7) is 2.37. The minimum absolute atomic E-state index is 0.0632. The summed E-state index contributed by atoms with van der Waals surface area (Å²) < 4.78 is 22.5. The number of nitrogens with one attached hydrogen (secondary N) is 1. The van der Waals surface area contributed by atoms with Gasteiger partial charge < -0.3 is 29.2 Å². The molecule has 2 aromatic rings. The van der Waals surface area contributed by atoms with E-state index in [1.807, 2.05) is 20.2 Å². The van der Waals surface area contributed by atoms with Crippen LogP contribution in [-0.2, 0) is 6.42 Å². The average molecular weight is 386 g/mol. The van der Waals surface area contributed by atoms with Gasteiger partial charge in [-0.25, -0.2) is 0 Å². The molecule has 0 fully saturated rings. The number of likely N-dealkylation sites (N-methyl/N-ethyl adjacent to an activating group) is 1. The van der Waals surface area contributed by atoms with Crippen molar-refractivity contribution in [3.05, 3.63) is 47.0 Å². The molecule has 1 N–H and O–H groups in total. The molecule has 1 aliphatic rings. The standard InChI is InChI=1S/C22H30N2O4/c1-24(2)10-11-28-18-7-6-16(13-19(18)25-3)22-17-14-21(27-5)20(26-4)12-15(17)8-9-23-22/h6-7,12-14,22-23H,8-11H2,1-5H3. The van der Waals surface area contributed by atoms with E-state index in [0.717, 1.165) is 48.1 Å². The monoisotopic (exact) mass is 386 g/mol. The van der Waals surface area contributed by atoms with Crippen molar-refractivity contribution in [2.24, 2.45) is 0 Å². The summed E-state index contributed by atoms with van der Waals surface area (Å²) in [5, 5.41) is 3.61. The highest BCUT2D eigenvalue weighted by atomic mass is 16.5. The van der Waals surface area contributed by atoms with Crippen LogP contribution in [0.3, 0.4) is 0 Å². The number of rotatable bonds is 8. The molecule has 152 valence electrons. The van der Waals surface area contributed by atoms with Crippen LogP contribution in [0.4, 0.5) is 0 Å². The Morgan fingerprint density at radius 3 is 2.29 bits per heavy atom. The van der Waals surface area contributed by atoms with Crippen molar-refractivity contribution in [3.8, 4) is 23.0 Å². The van der Waals surface area contributed by atoms with Gasteiger partial charge in [0.2, 0.25) is 0 Å². The Kier molecular flexibility index (Phi) is 6.65. The summed E-state index contributed by atoms with van der Waals surface area (Å²) in [6, 6.07) is 10.3. The molecule has 0 saturated heterocycles. The highest BCUT2D eigenvalue weighted by Crippen LogP contribution is 2.39. The van der Waals surface area contributed by atoms with E-state index in [9.17, 15) is 0 Å². The third-order valence-corrected chi connectivity index (χ3v) is 5.02. The molecule has 1 unspecified atom stereocenters. The van der Waals surface area contributed by atoms with Crippen LogP contribution < -0.4 is 24.3 Å². The second-order valence-electron chi connectivity index (χ2n) is 7.11. The Hall–Kier alpha value is -2.44. The van der Waals surface area contributed by atoms with Gasteiger partial charge in [0.25, 0.3) is 0 Å². The molecule has 2 aromatic carbocycles. The molecule has 0 radical (unpaired) electrons. The number of methoxy groups -OCH3 is 3. The molecule has 1 aliphatic heterocycles. The van der Waals surface area contributed by atoms with Gasteiger partial charge in [-0.05, 0) is 61.5 Å². The predicted octanol–water partition coefficient (Wildman–Crippen LogP) is 2.89. The van der Waals surface area contributed by atoms with Gasteiger partial charge >= 0.3 is 0 Å². The summed E-state index contributed by atoms with van der Waals surface area (Å²) in [4.78, 5) is 2.09. The van der Waals surface area contributed by atoms with E-state index in [0.29, 0.717) is 6.61 Å². The normalized spacial score (nSPS) is 15.9. The maximum Gasteiger partial charge on any atom is 0.161 e. The number of nitrogens with zero attached hydrogens (tertiary/aromatic N) is 1. The molecule has 6 heteroatoms. The van der Waals surface area contributed by atoms with Crippen LogP contribution in [0.15, 0.2) is 30.3 Å². The van der Waals surface area contributed by atoms with Gasteiger partial charge in [-0.1, -0.05) is 6.07 Å². The lowest BCUT2D eigenvalue weighted by molar-refractivity contribution is 0.250. The van der Waals surface area contributed by atoms with Crippen molar-refractivity contribution in [1.29, 1.82) is 0 Å². The van der Waals surface area contributed by atoms with Crippen molar-refractivity contribution in [3.63, 3.8) is 0 Å². The minimum Gasteiger partial charge on any atom is -0.493 e. The van der Waals surface area contributed by atoms with Crippen molar-refractivity contribution < 1.29 is 18.9 Å². The summed E-state index contributed by atoms with van der Waals surface area (Å²) in [6.07, 6.45) is 0.953. The highest BCUT2D eigenvalue weighted by molar-refractivity contribution is 5.53. The zero-order chi connectivity index (χ0) is 20.1. The first-order chi connectivity index (χ1) is 13.6. The lowest BCUT2D eigenvalue weighted by atomic mass is 9.89. The number of fused-ring (bicyclic) bond motifs is 1. The van der Waals surface area contributed by atoms with E-state index in [1.165, 1.54) is 11.1 Å². The third kappa shape index (κ3) is 4.34. The fraction of sp³-hybridized carbons (Fsp3) is 0.455. The Bertz CT molecular complexity index is 807. The Morgan fingerprint density at radius 1 is 0.929 bits per heavy atom. The van der Waals surface area contributed by atoms with Crippen molar-refractivity contribution in [1.82, 2.24) is 10.2 Å². The maximum absolute atomic E-state index is 5.89. The summed E-state index contributed by atoms with van der Waals surface area (Å²) in [7, 11) is 9.06.